The van der Waals surface area contributed by atoms with Crippen molar-refractivity contribution < 1.29 is 24.2 Å². The number of carbonyl (C=O) groups excluding carboxylic acids is 1. The quantitative estimate of drug-likeness (QED) is 0.377. The molecule has 0 unspecified atom stereocenters. The van der Waals surface area contributed by atoms with Crippen molar-refractivity contribution in [3.05, 3.63) is 72.8 Å². The summed E-state index contributed by atoms with van der Waals surface area (Å²) in [7, 11) is 2.06. The van der Waals surface area contributed by atoms with Gasteiger partial charge in [0.15, 0.2) is 0 Å². The SMILES string of the molecule is COc1ccc([PH](CC(=O)NC2CC(C)(C)N(O)C(C)(C)C2)(c2ccc(OC)cc2)c2ccc(OC)cc2)cc1. The van der Waals surface area contributed by atoms with Crippen LogP contribution in [-0.4, -0.2) is 60.8 Å². The Morgan fingerprint density at radius 3 is 1.38 bits per heavy atom. The standard InChI is InChI=1S/C32H43N2O5P/c1-31(2)20-23(21-32(3,4)34(31)36)33-30(35)22-40(27-14-8-24(37-5)9-15-27,28-16-10-25(38-6)11-17-28)29-18-12-26(39-7)13-19-29/h8-19,23,36,40H,20-22H2,1-7H3,(H,33,35). The van der Waals surface area contributed by atoms with Gasteiger partial charge in [0, 0.05) is 0 Å². The minimum absolute atomic E-state index is 0.00268. The molecule has 0 atom stereocenters. The van der Waals surface area contributed by atoms with Crippen molar-refractivity contribution in [3.8, 4) is 17.2 Å². The number of piperidine rings is 1. The van der Waals surface area contributed by atoms with Gasteiger partial charge in [-0.1, -0.05) is 0 Å². The monoisotopic (exact) mass is 566 g/mol. The molecule has 1 fully saturated rings. The molecule has 8 heteroatoms. The summed E-state index contributed by atoms with van der Waals surface area (Å²) >= 11 is 0. The molecule has 7 nitrogen and oxygen atoms in total. The summed E-state index contributed by atoms with van der Waals surface area (Å²) in [5, 5.41) is 18.9. The third-order valence-corrected chi connectivity index (χ3v) is 13.0. The van der Waals surface area contributed by atoms with E-state index in [0.717, 1.165) is 33.2 Å². The molecule has 3 aromatic rings. The Morgan fingerprint density at radius 1 is 0.750 bits per heavy atom. The van der Waals surface area contributed by atoms with Crippen LogP contribution in [0.2, 0.25) is 0 Å². The Balaban J connectivity index is 1.81. The number of nitrogens with zero attached hydrogens (tertiary/aromatic N) is 1. The molecule has 0 radical (unpaired) electrons. The van der Waals surface area contributed by atoms with E-state index in [-0.39, 0.29) is 11.9 Å². The number of amides is 1. The van der Waals surface area contributed by atoms with Crippen LogP contribution in [0.3, 0.4) is 0 Å². The van der Waals surface area contributed by atoms with Gasteiger partial charge in [-0.2, -0.15) is 0 Å². The molecule has 3 aromatic carbocycles. The predicted molar refractivity (Wildman–Crippen MR) is 164 cm³/mol. The predicted octanol–water partition coefficient (Wildman–Crippen LogP) is 4.27. The molecule has 0 aromatic heterocycles. The number of carbonyl (C=O) groups is 1. The maximum absolute atomic E-state index is 14.1. The van der Waals surface area contributed by atoms with E-state index in [1.807, 2.05) is 64.1 Å². The normalized spacial score (nSPS) is 17.6. The van der Waals surface area contributed by atoms with Gasteiger partial charge in [-0.3, -0.25) is 0 Å². The van der Waals surface area contributed by atoms with E-state index >= 15 is 0 Å². The zero-order valence-corrected chi connectivity index (χ0v) is 25.7. The fourth-order valence-corrected chi connectivity index (χ4v) is 10.7. The molecule has 0 aliphatic carbocycles. The average Bonchev–Trinajstić information content (AvgIpc) is 2.94. The van der Waals surface area contributed by atoms with Crippen molar-refractivity contribution in [2.45, 2.75) is 57.7 Å². The first-order chi connectivity index (χ1) is 18.9. The van der Waals surface area contributed by atoms with Crippen LogP contribution in [0.4, 0.5) is 0 Å². The second-order valence-electron chi connectivity index (χ2n) is 11.9. The summed E-state index contributed by atoms with van der Waals surface area (Å²) < 4.78 is 16.4. The van der Waals surface area contributed by atoms with E-state index in [9.17, 15) is 10.0 Å². The van der Waals surface area contributed by atoms with Gasteiger partial charge in [0.1, 0.15) is 0 Å². The average molecular weight is 567 g/mol. The van der Waals surface area contributed by atoms with Crippen LogP contribution < -0.4 is 35.4 Å². The van der Waals surface area contributed by atoms with Crippen LogP contribution in [0, 0.1) is 0 Å². The van der Waals surface area contributed by atoms with Crippen molar-refractivity contribution in [1.82, 2.24) is 10.4 Å². The molecular weight excluding hydrogens is 523 g/mol. The van der Waals surface area contributed by atoms with Gasteiger partial charge < -0.3 is 0 Å². The molecule has 4 rings (SSSR count). The first-order valence-corrected chi connectivity index (χ1v) is 15.9. The fourth-order valence-electron chi connectivity index (χ4n) is 6.32. The van der Waals surface area contributed by atoms with E-state index < -0.39 is 18.3 Å². The zero-order valence-electron chi connectivity index (χ0n) is 24.7. The Labute approximate surface area is 238 Å². The van der Waals surface area contributed by atoms with Crippen molar-refractivity contribution >= 4 is 29.1 Å². The number of hydroxylamine groups is 2. The zero-order chi connectivity index (χ0) is 29.1. The molecule has 1 aliphatic rings. The molecule has 1 heterocycles. The number of methoxy groups -OCH3 is 3. The third-order valence-electron chi connectivity index (χ3n) is 8.18. The summed E-state index contributed by atoms with van der Waals surface area (Å²) in [6, 6.07) is 24.2. The van der Waals surface area contributed by atoms with Gasteiger partial charge in [-0.25, -0.2) is 0 Å². The van der Waals surface area contributed by atoms with Gasteiger partial charge in [0.25, 0.3) is 0 Å². The van der Waals surface area contributed by atoms with Gasteiger partial charge in [0.05, 0.1) is 0 Å². The Bertz CT molecular complexity index is 1160. The van der Waals surface area contributed by atoms with Crippen LogP contribution in [0.25, 0.3) is 0 Å². The van der Waals surface area contributed by atoms with Gasteiger partial charge in [0.2, 0.25) is 0 Å². The second kappa shape index (κ2) is 11.8. The van der Waals surface area contributed by atoms with Crippen LogP contribution in [0.5, 0.6) is 17.2 Å². The molecule has 0 saturated carbocycles. The first-order valence-electron chi connectivity index (χ1n) is 13.7. The van der Waals surface area contributed by atoms with Crippen molar-refractivity contribution in [2.24, 2.45) is 0 Å². The van der Waals surface area contributed by atoms with E-state index in [1.165, 1.54) is 5.06 Å². The second-order valence-corrected chi connectivity index (χ2v) is 15.8. The number of benzene rings is 3. The van der Waals surface area contributed by atoms with E-state index in [4.69, 9.17) is 14.2 Å². The summed E-state index contributed by atoms with van der Waals surface area (Å²) in [6.45, 7) is 8.05. The number of nitrogens with one attached hydrogen (secondary N) is 1. The molecule has 40 heavy (non-hydrogen) atoms. The number of ether oxygens (including phenoxy) is 3. The van der Waals surface area contributed by atoms with Gasteiger partial charge in [-0.15, -0.1) is 0 Å². The molecule has 1 saturated heterocycles. The van der Waals surface area contributed by atoms with Crippen LogP contribution in [0.15, 0.2) is 72.8 Å². The Kier molecular flexibility index (Phi) is 8.79. The summed E-state index contributed by atoms with van der Waals surface area (Å²) in [5.41, 5.74) is -0.924. The first kappa shape index (κ1) is 29.9. The molecule has 1 aliphatic heterocycles. The van der Waals surface area contributed by atoms with E-state index in [2.05, 4.69) is 41.7 Å². The summed E-state index contributed by atoms with van der Waals surface area (Å²) in [4.78, 5) is 14.1. The molecule has 0 bridgehead atoms. The summed E-state index contributed by atoms with van der Waals surface area (Å²) in [5.74, 6) is 2.29. The minimum atomic E-state index is -2.90. The number of rotatable bonds is 9. The summed E-state index contributed by atoms with van der Waals surface area (Å²) in [6.07, 6.45) is 1.62. The van der Waals surface area contributed by atoms with Crippen LogP contribution in [-0.2, 0) is 4.79 Å². The van der Waals surface area contributed by atoms with Crippen molar-refractivity contribution in [3.63, 3.8) is 0 Å². The van der Waals surface area contributed by atoms with Crippen molar-refractivity contribution in [1.29, 1.82) is 0 Å². The molecule has 216 valence electrons. The Morgan fingerprint density at radius 2 is 1.07 bits per heavy atom. The van der Waals surface area contributed by atoms with E-state index in [1.54, 1.807) is 21.3 Å². The molecule has 1 amide bonds. The Hall–Kier alpha value is -3.12. The fraction of sp³-hybridized carbons (Fsp3) is 0.406. The van der Waals surface area contributed by atoms with Crippen molar-refractivity contribution in [2.75, 3.05) is 27.5 Å². The van der Waals surface area contributed by atoms with E-state index in [0.29, 0.717) is 19.0 Å². The molecule has 0 spiro atoms. The molecular formula is C32H43N2O5P. The molecule has 2 N–H and O–H groups in total. The third kappa shape index (κ3) is 5.97. The van der Waals surface area contributed by atoms with Gasteiger partial charge >= 0.3 is 239 Å². The number of hydrogen-bond donors (Lipinski definition) is 2. The topological polar surface area (TPSA) is 80.3 Å². The van der Waals surface area contributed by atoms with Gasteiger partial charge in [-0.05, 0) is 0 Å². The maximum atomic E-state index is 14.1. The van der Waals surface area contributed by atoms with Crippen LogP contribution in [0.1, 0.15) is 40.5 Å². The van der Waals surface area contributed by atoms with Crippen LogP contribution >= 0.6 is 7.26 Å². The number of hydrogen-bond acceptors (Lipinski definition) is 6.